The lowest BCUT2D eigenvalue weighted by atomic mass is 10.1. The lowest BCUT2D eigenvalue weighted by Crippen LogP contribution is -2.39. The molecule has 2 aliphatic heterocycles. The maximum Gasteiger partial charge on any atom is 0.155 e. The number of ether oxygens (including phenoxy) is 1. The number of hydrogen-bond acceptors (Lipinski definition) is 6. The maximum absolute atomic E-state index is 7.41. The molecule has 4 rings (SSSR count). The van der Waals surface area contributed by atoms with E-state index in [1.165, 1.54) is 17.7 Å². The fraction of sp³-hybridized carbons (Fsp3) is 0.522. The molecular weight excluding hydrogens is 422 g/mol. The lowest BCUT2D eigenvalue weighted by Gasteiger charge is -2.34. The normalized spacial score (nSPS) is 17.6. The van der Waals surface area contributed by atoms with E-state index in [2.05, 4.69) is 70.2 Å². The highest BCUT2D eigenvalue weighted by atomic mass is 32.2. The van der Waals surface area contributed by atoms with Crippen molar-refractivity contribution in [3.8, 4) is 17.1 Å². The SMILES string of the molecule is CC(C)N/C(=N\C=N)c1cn2c(n1)-c1cc(SN3CCC(N(C)C)CC3)ccc1OCC2. The smallest absolute Gasteiger partial charge is 0.155 e. The molecular formula is C23H33N7OS. The van der Waals surface area contributed by atoms with Crippen molar-refractivity contribution in [3.05, 3.63) is 30.1 Å². The number of benzene rings is 1. The van der Waals surface area contributed by atoms with E-state index in [0.29, 0.717) is 18.5 Å². The molecule has 172 valence electrons. The van der Waals surface area contributed by atoms with Gasteiger partial charge in [0.05, 0.1) is 12.1 Å². The molecule has 0 spiro atoms. The average molecular weight is 456 g/mol. The minimum absolute atomic E-state index is 0.200. The summed E-state index contributed by atoms with van der Waals surface area (Å²) in [7, 11) is 4.34. The Labute approximate surface area is 194 Å². The van der Waals surface area contributed by atoms with Crippen molar-refractivity contribution in [2.45, 2.75) is 50.2 Å². The van der Waals surface area contributed by atoms with Crippen LogP contribution in [0, 0.1) is 5.41 Å². The second-order valence-electron chi connectivity index (χ2n) is 8.77. The molecule has 2 N–H and O–H groups in total. The van der Waals surface area contributed by atoms with Crippen molar-refractivity contribution >= 4 is 24.1 Å². The molecule has 8 nitrogen and oxygen atoms in total. The number of amidine groups is 1. The van der Waals surface area contributed by atoms with Gasteiger partial charge < -0.3 is 19.5 Å². The van der Waals surface area contributed by atoms with E-state index in [0.717, 1.165) is 48.8 Å². The second-order valence-corrected chi connectivity index (χ2v) is 9.94. The predicted molar refractivity (Wildman–Crippen MR) is 131 cm³/mol. The summed E-state index contributed by atoms with van der Waals surface area (Å²) in [6.45, 7) is 7.59. The van der Waals surface area contributed by atoms with Crippen LogP contribution in [0.15, 0.2) is 34.3 Å². The van der Waals surface area contributed by atoms with E-state index in [-0.39, 0.29) is 6.04 Å². The fourth-order valence-corrected chi connectivity index (χ4v) is 5.14. The molecule has 1 aromatic carbocycles. The quantitative estimate of drug-likeness (QED) is 0.395. The van der Waals surface area contributed by atoms with Crippen LogP contribution in [0.1, 0.15) is 32.4 Å². The molecule has 0 atom stereocenters. The Bertz CT molecular complexity index is 977. The summed E-state index contributed by atoms with van der Waals surface area (Å²) >= 11 is 1.82. The van der Waals surface area contributed by atoms with Crippen molar-refractivity contribution < 1.29 is 4.74 Å². The van der Waals surface area contributed by atoms with Gasteiger partial charge in [-0.15, -0.1) is 0 Å². The summed E-state index contributed by atoms with van der Waals surface area (Å²) in [6.07, 6.45) is 5.44. The van der Waals surface area contributed by atoms with Crippen LogP contribution in [0.4, 0.5) is 0 Å². The van der Waals surface area contributed by atoms with Gasteiger partial charge in [0.2, 0.25) is 0 Å². The molecule has 0 unspecified atom stereocenters. The zero-order valence-corrected chi connectivity index (χ0v) is 20.2. The van der Waals surface area contributed by atoms with Crippen molar-refractivity contribution in [1.82, 2.24) is 24.1 Å². The molecule has 1 aromatic heterocycles. The summed E-state index contributed by atoms with van der Waals surface area (Å²) < 4.78 is 10.6. The Morgan fingerprint density at radius 1 is 1.31 bits per heavy atom. The highest BCUT2D eigenvalue weighted by Gasteiger charge is 2.24. The van der Waals surface area contributed by atoms with Gasteiger partial charge in [0.25, 0.3) is 0 Å². The van der Waals surface area contributed by atoms with Gasteiger partial charge >= 0.3 is 0 Å². The topological polar surface area (TPSA) is 81.8 Å². The van der Waals surface area contributed by atoms with Gasteiger partial charge in [-0.3, -0.25) is 5.41 Å². The molecule has 0 bridgehead atoms. The van der Waals surface area contributed by atoms with Gasteiger partial charge in [-0.05, 0) is 70.9 Å². The second kappa shape index (κ2) is 10.1. The Kier molecular flexibility index (Phi) is 7.17. The number of piperidine rings is 1. The standard InChI is InChI=1S/C23H33N7OS/c1-16(2)26-22(25-15-24)20-14-29-11-12-31-21-6-5-18(13-19(21)23(29)27-20)32-30-9-7-17(8-10-30)28(3)4/h5-6,13-17H,7-12H2,1-4H3,(H2,24,25,26). The number of imidazole rings is 1. The number of nitrogens with one attached hydrogen (secondary N) is 2. The van der Waals surface area contributed by atoms with E-state index in [1.807, 2.05) is 18.1 Å². The highest BCUT2D eigenvalue weighted by Crippen LogP contribution is 2.37. The van der Waals surface area contributed by atoms with E-state index in [1.54, 1.807) is 0 Å². The van der Waals surface area contributed by atoms with Gasteiger partial charge in [0.15, 0.2) is 5.84 Å². The van der Waals surface area contributed by atoms with Gasteiger partial charge in [0.1, 0.15) is 30.2 Å². The van der Waals surface area contributed by atoms with Crippen LogP contribution >= 0.6 is 11.9 Å². The number of rotatable bonds is 6. The number of fused-ring (bicyclic) bond motifs is 3. The van der Waals surface area contributed by atoms with Crippen molar-refractivity contribution in [2.75, 3.05) is 33.8 Å². The first kappa shape index (κ1) is 22.8. The van der Waals surface area contributed by atoms with Crippen molar-refractivity contribution in [1.29, 1.82) is 5.41 Å². The van der Waals surface area contributed by atoms with E-state index >= 15 is 0 Å². The lowest BCUT2D eigenvalue weighted by molar-refractivity contribution is 0.203. The van der Waals surface area contributed by atoms with Gasteiger partial charge in [0, 0.05) is 36.3 Å². The minimum Gasteiger partial charge on any atom is -0.491 e. The number of hydrogen-bond donors (Lipinski definition) is 2. The zero-order chi connectivity index (χ0) is 22.7. The molecule has 3 heterocycles. The average Bonchev–Trinajstić information content (AvgIpc) is 3.11. The molecule has 0 amide bonds. The van der Waals surface area contributed by atoms with Crippen LogP contribution in [-0.2, 0) is 6.54 Å². The molecule has 1 saturated heterocycles. The number of aromatic nitrogens is 2. The van der Waals surface area contributed by atoms with Gasteiger partial charge in [-0.25, -0.2) is 14.3 Å². The Morgan fingerprint density at radius 2 is 2.09 bits per heavy atom. The molecule has 0 radical (unpaired) electrons. The van der Waals surface area contributed by atoms with E-state index < -0.39 is 0 Å². The molecule has 0 aliphatic carbocycles. The van der Waals surface area contributed by atoms with Crippen LogP contribution < -0.4 is 10.1 Å². The summed E-state index contributed by atoms with van der Waals surface area (Å²) in [5.74, 6) is 2.36. The summed E-state index contributed by atoms with van der Waals surface area (Å²) in [4.78, 5) is 12.6. The fourth-order valence-electron chi connectivity index (χ4n) is 4.15. The van der Waals surface area contributed by atoms with Crippen molar-refractivity contribution in [2.24, 2.45) is 4.99 Å². The van der Waals surface area contributed by atoms with Crippen molar-refractivity contribution in [3.63, 3.8) is 0 Å². The third-order valence-corrected chi connectivity index (χ3v) is 6.90. The Hall–Kier alpha value is -2.36. The van der Waals surface area contributed by atoms with Crippen LogP contribution in [-0.4, -0.2) is 76.8 Å². The first-order chi connectivity index (χ1) is 15.4. The van der Waals surface area contributed by atoms with Gasteiger partial charge in [-0.1, -0.05) is 0 Å². The zero-order valence-electron chi connectivity index (χ0n) is 19.3. The first-order valence-electron chi connectivity index (χ1n) is 11.2. The maximum atomic E-state index is 7.41. The minimum atomic E-state index is 0.200. The van der Waals surface area contributed by atoms with E-state index in [4.69, 9.17) is 15.1 Å². The summed E-state index contributed by atoms with van der Waals surface area (Å²) in [5, 5.41) is 10.7. The van der Waals surface area contributed by atoms with Crippen LogP contribution in [0.3, 0.4) is 0 Å². The first-order valence-corrected chi connectivity index (χ1v) is 12.0. The molecule has 0 saturated carbocycles. The molecule has 2 aliphatic rings. The Balaban J connectivity index is 1.58. The number of nitrogens with zero attached hydrogens (tertiary/aromatic N) is 5. The monoisotopic (exact) mass is 455 g/mol. The molecule has 9 heteroatoms. The van der Waals surface area contributed by atoms with Gasteiger partial charge in [-0.2, -0.15) is 0 Å². The van der Waals surface area contributed by atoms with Crippen LogP contribution in [0.25, 0.3) is 11.4 Å². The Morgan fingerprint density at radius 3 is 2.78 bits per heavy atom. The number of aliphatic imine (C=N–C) groups is 1. The van der Waals surface area contributed by atoms with Crippen LogP contribution in [0.2, 0.25) is 0 Å². The predicted octanol–water partition coefficient (Wildman–Crippen LogP) is 3.33. The summed E-state index contributed by atoms with van der Waals surface area (Å²) in [6, 6.07) is 7.27. The largest absolute Gasteiger partial charge is 0.491 e. The van der Waals surface area contributed by atoms with Crippen LogP contribution in [0.5, 0.6) is 5.75 Å². The third-order valence-electron chi connectivity index (χ3n) is 5.81. The van der Waals surface area contributed by atoms with E-state index in [9.17, 15) is 0 Å². The third kappa shape index (κ3) is 5.16. The molecule has 2 aromatic rings. The highest BCUT2D eigenvalue weighted by molar-refractivity contribution is 7.97. The molecule has 1 fully saturated rings. The summed E-state index contributed by atoms with van der Waals surface area (Å²) in [5.41, 5.74) is 1.74. The molecule has 32 heavy (non-hydrogen) atoms.